The normalized spacial score (nSPS) is 13.9. The molecule has 0 bridgehead atoms. The minimum atomic E-state index is -0.505. The smallest absolute Gasteiger partial charge is 0.271 e. The van der Waals surface area contributed by atoms with Gasteiger partial charge in [0, 0.05) is 24.4 Å². The van der Waals surface area contributed by atoms with Gasteiger partial charge in [0.1, 0.15) is 11.8 Å². The quantitative estimate of drug-likeness (QED) is 0.667. The molecule has 0 radical (unpaired) electrons. The van der Waals surface area contributed by atoms with Crippen molar-refractivity contribution in [2.75, 3.05) is 23.9 Å². The first-order valence-corrected chi connectivity index (χ1v) is 7.99. The Bertz CT molecular complexity index is 822. The number of hydrogen-bond donors (Lipinski definition) is 1. The Kier molecular flexibility index (Phi) is 4.56. The van der Waals surface area contributed by atoms with Crippen molar-refractivity contribution >= 4 is 23.0 Å². The molecule has 1 aliphatic heterocycles. The SMILES string of the molecule is COc1ccc([N+](=O)[O-])cc1NC(=O)[C@@H](C)N1CCc2ccccc21. The molecule has 7 nitrogen and oxygen atoms in total. The lowest BCUT2D eigenvalue weighted by Crippen LogP contribution is -2.41. The molecular formula is C18H19N3O4. The number of nitro benzene ring substituents is 1. The lowest BCUT2D eigenvalue weighted by atomic mass is 10.1. The lowest BCUT2D eigenvalue weighted by Gasteiger charge is -2.26. The van der Waals surface area contributed by atoms with E-state index in [-0.39, 0.29) is 11.6 Å². The molecule has 0 saturated carbocycles. The number of carbonyl (C=O) groups is 1. The molecule has 7 heteroatoms. The number of nitrogens with zero attached hydrogens (tertiary/aromatic N) is 2. The minimum absolute atomic E-state index is 0.102. The summed E-state index contributed by atoms with van der Waals surface area (Å²) in [6.45, 7) is 2.58. The van der Waals surface area contributed by atoms with Crippen molar-refractivity contribution in [2.45, 2.75) is 19.4 Å². The standard InChI is InChI=1S/C18H19N3O4/c1-12(20-10-9-13-5-3-4-6-16(13)20)18(22)19-15-11-14(21(23)24)7-8-17(15)25-2/h3-8,11-12H,9-10H2,1-2H3,(H,19,22)/t12-/m1/s1. The zero-order chi connectivity index (χ0) is 18.0. The first-order valence-electron chi connectivity index (χ1n) is 7.99. The van der Waals surface area contributed by atoms with Crippen LogP contribution in [0.1, 0.15) is 12.5 Å². The summed E-state index contributed by atoms with van der Waals surface area (Å²) in [7, 11) is 1.46. The maximum Gasteiger partial charge on any atom is 0.271 e. The molecular weight excluding hydrogens is 322 g/mol. The van der Waals surface area contributed by atoms with E-state index in [2.05, 4.69) is 11.4 Å². The van der Waals surface area contributed by atoms with Gasteiger partial charge < -0.3 is 15.0 Å². The fourth-order valence-electron chi connectivity index (χ4n) is 3.05. The topological polar surface area (TPSA) is 84.7 Å². The molecule has 1 heterocycles. The maximum absolute atomic E-state index is 12.7. The third-order valence-electron chi connectivity index (χ3n) is 4.42. The fraction of sp³-hybridized carbons (Fsp3) is 0.278. The van der Waals surface area contributed by atoms with Crippen LogP contribution in [0.5, 0.6) is 5.75 Å². The van der Waals surface area contributed by atoms with E-state index in [1.54, 1.807) is 0 Å². The van der Waals surface area contributed by atoms with Crippen molar-refractivity contribution < 1.29 is 14.5 Å². The molecule has 0 aromatic heterocycles. The number of rotatable bonds is 5. The van der Waals surface area contributed by atoms with Gasteiger partial charge in [-0.3, -0.25) is 14.9 Å². The minimum Gasteiger partial charge on any atom is -0.495 e. The first kappa shape index (κ1) is 16.8. The number of hydrogen-bond acceptors (Lipinski definition) is 5. The van der Waals surface area contributed by atoms with Crippen LogP contribution in [0, 0.1) is 10.1 Å². The third-order valence-corrected chi connectivity index (χ3v) is 4.42. The van der Waals surface area contributed by atoms with Crippen molar-refractivity contribution in [3.8, 4) is 5.75 Å². The molecule has 2 aromatic rings. The van der Waals surface area contributed by atoms with Crippen LogP contribution in [-0.2, 0) is 11.2 Å². The predicted molar refractivity (Wildman–Crippen MR) is 95.2 cm³/mol. The number of methoxy groups -OCH3 is 1. The Morgan fingerprint density at radius 3 is 2.80 bits per heavy atom. The van der Waals surface area contributed by atoms with Crippen LogP contribution in [0.25, 0.3) is 0 Å². The molecule has 0 aliphatic carbocycles. The summed E-state index contributed by atoms with van der Waals surface area (Å²) >= 11 is 0. The summed E-state index contributed by atoms with van der Waals surface area (Å²) in [6, 6.07) is 11.7. The van der Waals surface area contributed by atoms with Gasteiger partial charge in [-0.1, -0.05) is 18.2 Å². The number of para-hydroxylation sites is 1. The summed E-state index contributed by atoms with van der Waals surface area (Å²) in [5, 5.41) is 13.7. The summed E-state index contributed by atoms with van der Waals surface area (Å²) in [5.41, 5.74) is 2.46. The number of ether oxygens (including phenoxy) is 1. The van der Waals surface area contributed by atoms with Crippen LogP contribution in [0.4, 0.5) is 17.1 Å². The number of carbonyl (C=O) groups excluding carboxylic acids is 1. The van der Waals surface area contributed by atoms with E-state index in [0.717, 1.165) is 18.7 Å². The van der Waals surface area contributed by atoms with Crippen LogP contribution >= 0.6 is 0 Å². The molecule has 1 aliphatic rings. The zero-order valence-corrected chi connectivity index (χ0v) is 14.1. The number of nitro groups is 1. The predicted octanol–water partition coefficient (Wildman–Crippen LogP) is 2.99. The van der Waals surface area contributed by atoms with Crippen LogP contribution in [0.15, 0.2) is 42.5 Å². The monoisotopic (exact) mass is 341 g/mol. The van der Waals surface area contributed by atoms with Gasteiger partial charge in [-0.15, -0.1) is 0 Å². The second kappa shape index (κ2) is 6.80. The number of anilines is 2. The Balaban J connectivity index is 1.81. The van der Waals surface area contributed by atoms with Crippen molar-refractivity contribution in [1.82, 2.24) is 0 Å². The average Bonchev–Trinajstić information content (AvgIpc) is 3.04. The van der Waals surface area contributed by atoms with E-state index >= 15 is 0 Å². The van der Waals surface area contributed by atoms with Gasteiger partial charge in [0.25, 0.3) is 5.69 Å². The zero-order valence-electron chi connectivity index (χ0n) is 14.1. The van der Waals surface area contributed by atoms with E-state index in [4.69, 9.17) is 4.74 Å². The molecule has 25 heavy (non-hydrogen) atoms. The molecule has 0 spiro atoms. The van der Waals surface area contributed by atoms with Gasteiger partial charge in [-0.25, -0.2) is 0 Å². The van der Waals surface area contributed by atoms with E-state index in [0.29, 0.717) is 11.4 Å². The highest BCUT2D eigenvalue weighted by Gasteiger charge is 2.28. The summed E-state index contributed by atoms with van der Waals surface area (Å²) < 4.78 is 5.19. The Labute approximate surface area is 145 Å². The molecule has 3 rings (SSSR count). The summed E-state index contributed by atoms with van der Waals surface area (Å²) in [4.78, 5) is 25.2. The van der Waals surface area contributed by atoms with Gasteiger partial charge in [0.15, 0.2) is 0 Å². The van der Waals surface area contributed by atoms with E-state index in [1.807, 2.05) is 30.0 Å². The van der Waals surface area contributed by atoms with Gasteiger partial charge in [-0.05, 0) is 31.0 Å². The molecule has 130 valence electrons. The van der Waals surface area contributed by atoms with Crippen LogP contribution < -0.4 is 15.0 Å². The lowest BCUT2D eigenvalue weighted by molar-refractivity contribution is -0.384. The average molecular weight is 341 g/mol. The van der Waals surface area contributed by atoms with Gasteiger partial charge in [0.05, 0.1) is 17.7 Å². The number of benzene rings is 2. The van der Waals surface area contributed by atoms with Crippen LogP contribution in [0.2, 0.25) is 0 Å². The number of nitrogens with one attached hydrogen (secondary N) is 1. The van der Waals surface area contributed by atoms with Crippen LogP contribution in [0.3, 0.4) is 0 Å². The molecule has 1 amide bonds. The Morgan fingerprint density at radius 1 is 1.32 bits per heavy atom. The summed E-state index contributed by atoms with van der Waals surface area (Å²) in [6.07, 6.45) is 0.897. The number of fused-ring (bicyclic) bond motifs is 1. The van der Waals surface area contributed by atoms with Gasteiger partial charge in [0.2, 0.25) is 5.91 Å². The van der Waals surface area contributed by atoms with Gasteiger partial charge >= 0.3 is 0 Å². The van der Waals surface area contributed by atoms with E-state index in [1.165, 1.54) is 30.9 Å². The molecule has 0 unspecified atom stereocenters. The highest BCUT2D eigenvalue weighted by atomic mass is 16.6. The number of amides is 1. The van der Waals surface area contributed by atoms with E-state index < -0.39 is 11.0 Å². The molecule has 0 saturated heterocycles. The Hall–Kier alpha value is -3.09. The molecule has 1 N–H and O–H groups in total. The van der Waals surface area contributed by atoms with Crippen molar-refractivity contribution in [2.24, 2.45) is 0 Å². The second-order valence-electron chi connectivity index (χ2n) is 5.88. The maximum atomic E-state index is 12.7. The fourth-order valence-corrected chi connectivity index (χ4v) is 3.05. The highest BCUT2D eigenvalue weighted by molar-refractivity contribution is 5.98. The largest absolute Gasteiger partial charge is 0.495 e. The highest BCUT2D eigenvalue weighted by Crippen LogP contribution is 2.31. The van der Waals surface area contributed by atoms with Crippen molar-refractivity contribution in [1.29, 1.82) is 0 Å². The second-order valence-corrected chi connectivity index (χ2v) is 5.88. The van der Waals surface area contributed by atoms with Crippen LogP contribution in [-0.4, -0.2) is 30.5 Å². The first-order chi connectivity index (χ1) is 12.0. The van der Waals surface area contributed by atoms with Gasteiger partial charge in [-0.2, -0.15) is 0 Å². The summed E-state index contributed by atoms with van der Waals surface area (Å²) in [5.74, 6) is 0.142. The van der Waals surface area contributed by atoms with Crippen molar-refractivity contribution in [3.63, 3.8) is 0 Å². The van der Waals surface area contributed by atoms with Crippen molar-refractivity contribution in [3.05, 3.63) is 58.1 Å². The Morgan fingerprint density at radius 2 is 2.08 bits per heavy atom. The third kappa shape index (κ3) is 3.26. The molecule has 0 fully saturated rings. The number of non-ortho nitro benzene ring substituents is 1. The molecule has 1 atom stereocenters. The van der Waals surface area contributed by atoms with E-state index in [9.17, 15) is 14.9 Å². The molecule has 2 aromatic carbocycles.